The Kier molecular flexibility index (Phi) is 8.69. The van der Waals surface area contributed by atoms with E-state index in [9.17, 15) is 5.11 Å². The van der Waals surface area contributed by atoms with Gasteiger partial charge in [-0.1, -0.05) is 37.2 Å². The van der Waals surface area contributed by atoms with Crippen LogP contribution in [0.2, 0.25) is 0 Å². The van der Waals surface area contributed by atoms with Gasteiger partial charge in [-0.2, -0.15) is 0 Å². The first kappa shape index (κ1) is 28.8. The zero-order valence-corrected chi connectivity index (χ0v) is 25.0. The Hall–Kier alpha value is -2.67. The quantitative estimate of drug-likeness (QED) is 0.246. The van der Waals surface area contributed by atoms with Gasteiger partial charge in [0, 0.05) is 36.9 Å². The molecule has 4 atom stereocenters. The van der Waals surface area contributed by atoms with Gasteiger partial charge >= 0.3 is 0 Å². The lowest BCUT2D eigenvalue weighted by Gasteiger charge is -2.25. The molecule has 12 heteroatoms. The SMILES string of the molecule is CCCCN(Cc1ccc(OC)cc1OC)c1nc(SCCC)nc2c1nnn2C1CC(O)C2OC(C)(C)OC21. The maximum atomic E-state index is 10.8. The maximum Gasteiger partial charge on any atom is 0.191 e. The number of ether oxygens (including phenoxy) is 4. The van der Waals surface area contributed by atoms with Gasteiger partial charge in [-0.15, -0.1) is 5.10 Å². The van der Waals surface area contributed by atoms with Crippen LogP contribution in [-0.4, -0.2) is 80.7 Å². The van der Waals surface area contributed by atoms with Crippen LogP contribution in [0.1, 0.15) is 65.0 Å². The maximum absolute atomic E-state index is 10.8. The molecule has 1 aliphatic heterocycles. The Balaban J connectivity index is 1.58. The monoisotopic (exact) mass is 572 g/mol. The van der Waals surface area contributed by atoms with Crippen LogP contribution in [0.25, 0.3) is 11.2 Å². The Morgan fingerprint density at radius 2 is 1.93 bits per heavy atom. The van der Waals surface area contributed by atoms with Crippen LogP contribution in [0.3, 0.4) is 0 Å². The second-order valence-electron chi connectivity index (χ2n) is 10.8. The van der Waals surface area contributed by atoms with E-state index < -0.39 is 18.0 Å². The smallest absolute Gasteiger partial charge is 0.191 e. The van der Waals surface area contributed by atoms with Crippen LogP contribution in [0.5, 0.6) is 11.5 Å². The summed E-state index contributed by atoms with van der Waals surface area (Å²) < 4.78 is 25.2. The van der Waals surface area contributed by atoms with E-state index in [0.717, 1.165) is 54.4 Å². The third-order valence-electron chi connectivity index (χ3n) is 7.38. The third kappa shape index (κ3) is 5.72. The highest BCUT2D eigenvalue weighted by Gasteiger charge is 2.55. The lowest BCUT2D eigenvalue weighted by Crippen LogP contribution is -2.29. The molecule has 1 N–H and O–H groups in total. The molecule has 218 valence electrons. The predicted molar refractivity (Wildman–Crippen MR) is 153 cm³/mol. The molecule has 1 saturated carbocycles. The minimum absolute atomic E-state index is 0.260. The zero-order chi connectivity index (χ0) is 28.4. The number of benzene rings is 1. The van der Waals surface area contributed by atoms with Gasteiger partial charge in [0.1, 0.15) is 23.7 Å². The highest BCUT2D eigenvalue weighted by molar-refractivity contribution is 7.99. The fourth-order valence-electron chi connectivity index (χ4n) is 5.46. The molecule has 2 fully saturated rings. The van der Waals surface area contributed by atoms with E-state index in [1.807, 2.05) is 32.0 Å². The Labute approximate surface area is 239 Å². The molecule has 0 amide bonds. The number of aliphatic hydroxyl groups is 1. The number of methoxy groups -OCH3 is 2. The van der Waals surface area contributed by atoms with Crippen molar-refractivity contribution in [2.24, 2.45) is 0 Å². The van der Waals surface area contributed by atoms with Gasteiger partial charge in [0.15, 0.2) is 27.9 Å². The van der Waals surface area contributed by atoms with E-state index in [4.69, 9.17) is 28.9 Å². The average molecular weight is 573 g/mol. The molecule has 0 bridgehead atoms. The van der Waals surface area contributed by atoms with E-state index in [1.54, 1.807) is 30.7 Å². The molecule has 1 aliphatic carbocycles. The number of anilines is 1. The summed E-state index contributed by atoms with van der Waals surface area (Å²) in [6.07, 6.45) is 2.04. The number of aromatic nitrogens is 5. The second-order valence-corrected chi connectivity index (χ2v) is 11.8. The molecule has 5 rings (SSSR count). The standard InChI is InChI=1S/C28H40N6O5S/c1-7-9-12-33(16-17-10-11-18(36-5)14-21(17)37-6)25-22-26(30-27(29-25)40-13-8-2)34(32-31-22)19-15-20(35)24-23(19)38-28(3,4)39-24/h10-11,14,19-20,23-24,35H,7-9,12-13,15-16H2,1-6H3. The van der Waals surface area contributed by atoms with E-state index in [2.05, 4.69) is 29.1 Å². The molecule has 3 aromatic rings. The summed E-state index contributed by atoms with van der Waals surface area (Å²) in [4.78, 5) is 12.2. The minimum Gasteiger partial charge on any atom is -0.497 e. The Bertz CT molecular complexity index is 1320. The van der Waals surface area contributed by atoms with Crippen molar-refractivity contribution in [1.29, 1.82) is 0 Å². The fraction of sp³-hybridized carbons (Fsp3) is 0.643. The van der Waals surface area contributed by atoms with E-state index in [1.165, 1.54) is 0 Å². The van der Waals surface area contributed by atoms with Crippen molar-refractivity contribution in [3.05, 3.63) is 23.8 Å². The molecule has 4 unspecified atom stereocenters. The molecule has 2 aromatic heterocycles. The van der Waals surface area contributed by atoms with Gasteiger partial charge in [-0.05, 0) is 38.8 Å². The molecule has 3 heterocycles. The molecule has 1 saturated heterocycles. The number of nitrogens with zero attached hydrogens (tertiary/aromatic N) is 6. The molecule has 1 aromatic carbocycles. The summed E-state index contributed by atoms with van der Waals surface area (Å²) in [7, 11) is 3.32. The largest absolute Gasteiger partial charge is 0.497 e. The number of aliphatic hydroxyl groups excluding tert-OH is 1. The number of hydrogen-bond acceptors (Lipinski definition) is 11. The van der Waals surface area contributed by atoms with Crippen LogP contribution in [-0.2, 0) is 16.0 Å². The number of thioether (sulfide) groups is 1. The predicted octanol–water partition coefficient (Wildman–Crippen LogP) is 4.37. The van der Waals surface area contributed by atoms with Crippen LogP contribution in [0.15, 0.2) is 23.4 Å². The summed E-state index contributed by atoms with van der Waals surface area (Å²) in [6, 6.07) is 5.60. The molecule has 0 spiro atoms. The normalized spacial score (nSPS) is 23.5. The van der Waals surface area contributed by atoms with E-state index in [0.29, 0.717) is 29.3 Å². The van der Waals surface area contributed by atoms with Crippen LogP contribution in [0.4, 0.5) is 5.82 Å². The first-order valence-corrected chi connectivity index (χ1v) is 15.0. The summed E-state index contributed by atoms with van der Waals surface area (Å²) in [5.41, 5.74) is 2.28. The topological polar surface area (TPSA) is 117 Å². The van der Waals surface area contributed by atoms with Crippen molar-refractivity contribution in [2.45, 2.75) is 95.2 Å². The minimum atomic E-state index is -0.776. The number of rotatable bonds is 12. The van der Waals surface area contributed by atoms with Crippen LogP contribution >= 0.6 is 11.8 Å². The number of fused-ring (bicyclic) bond motifs is 2. The third-order valence-corrected chi connectivity index (χ3v) is 8.43. The molecule has 2 aliphatic rings. The second kappa shape index (κ2) is 12.1. The van der Waals surface area contributed by atoms with E-state index in [-0.39, 0.29) is 12.1 Å². The summed E-state index contributed by atoms with van der Waals surface area (Å²) in [5.74, 6) is 2.35. The Morgan fingerprint density at radius 3 is 2.65 bits per heavy atom. The first-order chi connectivity index (χ1) is 19.3. The van der Waals surface area contributed by atoms with Crippen molar-refractivity contribution in [3.8, 4) is 11.5 Å². The highest BCUT2D eigenvalue weighted by Crippen LogP contribution is 2.44. The molecular formula is C28H40N6O5S. The van der Waals surface area contributed by atoms with Crippen LogP contribution < -0.4 is 14.4 Å². The zero-order valence-electron chi connectivity index (χ0n) is 24.2. The average Bonchev–Trinajstić information content (AvgIpc) is 3.60. The lowest BCUT2D eigenvalue weighted by molar-refractivity contribution is -0.165. The first-order valence-electron chi connectivity index (χ1n) is 14.0. The van der Waals surface area contributed by atoms with Crippen molar-refractivity contribution in [1.82, 2.24) is 25.0 Å². The van der Waals surface area contributed by atoms with Gasteiger partial charge in [-0.25, -0.2) is 14.6 Å². The Morgan fingerprint density at radius 1 is 1.12 bits per heavy atom. The molecule has 11 nitrogen and oxygen atoms in total. The molecular weight excluding hydrogens is 532 g/mol. The fourth-order valence-corrected chi connectivity index (χ4v) is 6.15. The van der Waals surface area contributed by atoms with Gasteiger partial charge in [0.05, 0.1) is 26.4 Å². The van der Waals surface area contributed by atoms with Crippen molar-refractivity contribution >= 4 is 28.7 Å². The summed E-state index contributed by atoms with van der Waals surface area (Å²) >= 11 is 1.62. The number of hydrogen-bond donors (Lipinski definition) is 1. The summed E-state index contributed by atoms with van der Waals surface area (Å²) in [6.45, 7) is 9.40. The molecule has 40 heavy (non-hydrogen) atoms. The van der Waals surface area contributed by atoms with Gasteiger partial charge in [0.25, 0.3) is 0 Å². The summed E-state index contributed by atoms with van der Waals surface area (Å²) in [5, 5.41) is 20.7. The van der Waals surface area contributed by atoms with Crippen LogP contribution in [0, 0.1) is 0 Å². The number of unbranched alkanes of at least 4 members (excludes halogenated alkanes) is 1. The van der Waals surface area contributed by atoms with Crippen molar-refractivity contribution in [3.63, 3.8) is 0 Å². The van der Waals surface area contributed by atoms with Crippen molar-refractivity contribution in [2.75, 3.05) is 31.4 Å². The van der Waals surface area contributed by atoms with Gasteiger partial charge < -0.3 is 29.0 Å². The van der Waals surface area contributed by atoms with Crippen molar-refractivity contribution < 1.29 is 24.1 Å². The molecule has 0 radical (unpaired) electrons. The van der Waals surface area contributed by atoms with E-state index >= 15 is 0 Å². The highest BCUT2D eigenvalue weighted by atomic mass is 32.2. The van der Waals surface area contributed by atoms with Gasteiger partial charge in [0.2, 0.25) is 0 Å². The lowest BCUT2D eigenvalue weighted by atomic mass is 10.1. The van der Waals surface area contributed by atoms with Gasteiger partial charge in [-0.3, -0.25) is 0 Å².